The first-order chi connectivity index (χ1) is 11.7. The van der Waals surface area contributed by atoms with Crippen LogP contribution in [-0.2, 0) is 20.9 Å². The number of pyridine rings is 1. The van der Waals surface area contributed by atoms with E-state index in [9.17, 15) is 9.59 Å². The average molecular weight is 322 g/mol. The molecule has 0 radical (unpaired) electrons. The molecule has 2 aromatic rings. The van der Waals surface area contributed by atoms with Crippen molar-refractivity contribution < 1.29 is 14.3 Å². The molecule has 122 valence electrons. The summed E-state index contributed by atoms with van der Waals surface area (Å²) >= 11 is 0. The summed E-state index contributed by atoms with van der Waals surface area (Å²) in [5.74, 6) is -0.254. The fourth-order valence-corrected chi connectivity index (χ4v) is 2.53. The molecule has 5 heteroatoms. The highest BCUT2D eigenvalue weighted by Crippen LogP contribution is 2.21. The number of amides is 1. The number of nitrogens with zero attached hydrogens (tertiary/aromatic N) is 2. The minimum Gasteiger partial charge on any atom is -0.456 e. The Bertz CT molecular complexity index is 739. The third kappa shape index (κ3) is 4.07. The number of rotatable bonds is 5. The second-order valence-corrected chi connectivity index (χ2v) is 5.50. The lowest BCUT2D eigenvalue weighted by molar-refractivity contribution is -0.139. The van der Waals surface area contributed by atoms with Crippen LogP contribution in [0.25, 0.3) is 6.08 Å². The fraction of sp³-hybridized carbons (Fsp3) is 0.211. The maximum atomic E-state index is 11.7. The Morgan fingerprint density at radius 1 is 1.21 bits per heavy atom. The molecule has 0 N–H and O–H groups in total. The number of hydrogen-bond donors (Lipinski definition) is 0. The summed E-state index contributed by atoms with van der Waals surface area (Å²) in [5.41, 5.74) is 2.48. The molecule has 0 spiro atoms. The normalized spacial score (nSPS) is 14.3. The van der Waals surface area contributed by atoms with Gasteiger partial charge in [0, 0.05) is 30.9 Å². The molecule has 1 aliphatic rings. The molecule has 3 rings (SSSR count). The number of anilines is 1. The van der Waals surface area contributed by atoms with Crippen LogP contribution >= 0.6 is 0 Å². The lowest BCUT2D eigenvalue weighted by Crippen LogP contribution is -2.23. The van der Waals surface area contributed by atoms with Crippen LogP contribution < -0.4 is 4.90 Å². The number of benzene rings is 1. The Labute approximate surface area is 140 Å². The summed E-state index contributed by atoms with van der Waals surface area (Å²) in [7, 11) is 0. The van der Waals surface area contributed by atoms with E-state index < -0.39 is 5.97 Å². The number of carbonyl (C=O) groups is 2. The van der Waals surface area contributed by atoms with Crippen molar-refractivity contribution in [2.45, 2.75) is 19.4 Å². The quantitative estimate of drug-likeness (QED) is 0.627. The molecule has 2 heterocycles. The number of aromatic nitrogens is 1. The van der Waals surface area contributed by atoms with Crippen LogP contribution in [0, 0.1) is 0 Å². The van der Waals surface area contributed by atoms with Crippen molar-refractivity contribution in [1.29, 1.82) is 0 Å². The summed E-state index contributed by atoms with van der Waals surface area (Å²) < 4.78 is 5.13. The van der Waals surface area contributed by atoms with Gasteiger partial charge in [0.25, 0.3) is 0 Å². The molecule has 0 unspecified atom stereocenters. The maximum absolute atomic E-state index is 11.7. The van der Waals surface area contributed by atoms with Gasteiger partial charge < -0.3 is 9.64 Å². The first kappa shape index (κ1) is 15.9. The standard InChI is InChI=1S/C19H18N2O3/c22-18-5-3-13-21(18)17-9-6-15(7-10-17)8-11-19(23)24-14-16-4-1-2-12-20-16/h1-2,4,6-12H,3,5,13-14H2/b11-8+. The van der Waals surface area contributed by atoms with Crippen molar-refractivity contribution in [3.05, 3.63) is 66.0 Å². The second kappa shape index (κ2) is 7.55. The first-order valence-electron chi connectivity index (χ1n) is 7.87. The Hall–Kier alpha value is -2.95. The minimum absolute atomic E-state index is 0.153. The van der Waals surface area contributed by atoms with E-state index in [4.69, 9.17) is 4.74 Å². The second-order valence-electron chi connectivity index (χ2n) is 5.50. The monoisotopic (exact) mass is 322 g/mol. The molecule has 1 saturated heterocycles. The highest BCUT2D eigenvalue weighted by atomic mass is 16.5. The van der Waals surface area contributed by atoms with Crippen LogP contribution in [0.15, 0.2) is 54.7 Å². The summed E-state index contributed by atoms with van der Waals surface area (Å²) in [4.78, 5) is 29.3. The van der Waals surface area contributed by atoms with Crippen molar-refractivity contribution in [2.75, 3.05) is 11.4 Å². The van der Waals surface area contributed by atoms with Gasteiger partial charge >= 0.3 is 5.97 Å². The number of ether oxygens (including phenoxy) is 1. The molecule has 1 aromatic heterocycles. The van der Waals surface area contributed by atoms with Crippen molar-refractivity contribution >= 4 is 23.6 Å². The van der Waals surface area contributed by atoms with Gasteiger partial charge in [0.2, 0.25) is 5.91 Å². The zero-order valence-electron chi connectivity index (χ0n) is 13.2. The predicted octanol–water partition coefficient (Wildman–Crippen LogP) is 2.97. The Kier molecular flexibility index (Phi) is 5.01. The summed E-state index contributed by atoms with van der Waals surface area (Å²) in [6.07, 6.45) is 6.26. The molecule has 24 heavy (non-hydrogen) atoms. The Morgan fingerprint density at radius 3 is 2.71 bits per heavy atom. The number of carbonyl (C=O) groups excluding carboxylic acids is 2. The van der Waals surface area contributed by atoms with Crippen molar-refractivity contribution in [2.24, 2.45) is 0 Å². The minimum atomic E-state index is -0.417. The number of esters is 1. The van der Waals surface area contributed by atoms with E-state index in [2.05, 4.69) is 4.98 Å². The van der Waals surface area contributed by atoms with Crippen molar-refractivity contribution in [1.82, 2.24) is 4.98 Å². The maximum Gasteiger partial charge on any atom is 0.331 e. The highest BCUT2D eigenvalue weighted by molar-refractivity contribution is 5.95. The molecule has 5 nitrogen and oxygen atoms in total. The third-order valence-electron chi connectivity index (χ3n) is 3.78. The van der Waals surface area contributed by atoms with Crippen LogP contribution in [0.4, 0.5) is 5.69 Å². The van der Waals surface area contributed by atoms with Gasteiger partial charge in [-0.25, -0.2) is 4.79 Å². The van der Waals surface area contributed by atoms with Gasteiger partial charge in [-0.1, -0.05) is 18.2 Å². The van der Waals surface area contributed by atoms with E-state index in [1.54, 1.807) is 23.2 Å². The van der Waals surface area contributed by atoms with Crippen LogP contribution in [0.2, 0.25) is 0 Å². The lowest BCUT2D eigenvalue weighted by atomic mass is 10.2. The molecule has 0 atom stereocenters. The van der Waals surface area contributed by atoms with Crippen LogP contribution in [0.3, 0.4) is 0 Å². The molecular formula is C19H18N2O3. The topological polar surface area (TPSA) is 59.5 Å². The van der Waals surface area contributed by atoms with Crippen LogP contribution in [0.1, 0.15) is 24.1 Å². The molecule has 0 saturated carbocycles. The molecule has 1 aromatic carbocycles. The summed E-state index contributed by atoms with van der Waals surface area (Å²) in [5, 5.41) is 0. The van der Waals surface area contributed by atoms with Gasteiger partial charge in [-0.3, -0.25) is 9.78 Å². The van der Waals surface area contributed by atoms with Crippen molar-refractivity contribution in [3.63, 3.8) is 0 Å². The van der Waals surface area contributed by atoms with Crippen molar-refractivity contribution in [3.8, 4) is 0 Å². The van der Waals surface area contributed by atoms with E-state index in [1.165, 1.54) is 6.08 Å². The molecule has 0 bridgehead atoms. The largest absolute Gasteiger partial charge is 0.456 e. The van der Waals surface area contributed by atoms with E-state index in [0.717, 1.165) is 24.2 Å². The highest BCUT2D eigenvalue weighted by Gasteiger charge is 2.21. The van der Waals surface area contributed by atoms with E-state index in [-0.39, 0.29) is 12.5 Å². The third-order valence-corrected chi connectivity index (χ3v) is 3.78. The van der Waals surface area contributed by atoms with E-state index in [1.807, 2.05) is 36.4 Å². The molecule has 1 amide bonds. The molecule has 0 aliphatic carbocycles. The zero-order valence-corrected chi connectivity index (χ0v) is 13.2. The average Bonchev–Trinajstić information content (AvgIpc) is 3.05. The molecule has 1 fully saturated rings. The molecular weight excluding hydrogens is 304 g/mol. The Balaban J connectivity index is 1.54. The number of hydrogen-bond acceptors (Lipinski definition) is 4. The SMILES string of the molecule is O=C(/C=C/c1ccc(N2CCCC2=O)cc1)OCc1ccccn1. The van der Waals surface area contributed by atoms with Gasteiger partial charge in [-0.05, 0) is 42.3 Å². The van der Waals surface area contributed by atoms with Gasteiger partial charge in [0.15, 0.2) is 0 Å². The van der Waals surface area contributed by atoms with Gasteiger partial charge in [0.1, 0.15) is 6.61 Å². The zero-order chi connectivity index (χ0) is 16.8. The van der Waals surface area contributed by atoms with Gasteiger partial charge in [-0.2, -0.15) is 0 Å². The summed E-state index contributed by atoms with van der Waals surface area (Å²) in [6, 6.07) is 13.0. The lowest BCUT2D eigenvalue weighted by Gasteiger charge is -2.15. The van der Waals surface area contributed by atoms with Gasteiger partial charge in [0.05, 0.1) is 5.69 Å². The van der Waals surface area contributed by atoms with E-state index >= 15 is 0 Å². The molecule has 1 aliphatic heterocycles. The van der Waals surface area contributed by atoms with Gasteiger partial charge in [-0.15, -0.1) is 0 Å². The summed E-state index contributed by atoms with van der Waals surface area (Å²) in [6.45, 7) is 0.924. The smallest absolute Gasteiger partial charge is 0.331 e. The van der Waals surface area contributed by atoms with Crippen LogP contribution in [0.5, 0.6) is 0 Å². The first-order valence-corrected chi connectivity index (χ1v) is 7.87. The fourth-order valence-electron chi connectivity index (χ4n) is 2.53. The van der Waals surface area contributed by atoms with E-state index in [0.29, 0.717) is 12.1 Å². The van der Waals surface area contributed by atoms with Crippen LogP contribution in [-0.4, -0.2) is 23.4 Å². The predicted molar refractivity (Wildman–Crippen MR) is 91.1 cm³/mol. The Morgan fingerprint density at radius 2 is 2.04 bits per heavy atom.